The third kappa shape index (κ3) is 8.12. The largest absolute Gasteiger partial charge is 0.492 e. The molecule has 33 heavy (non-hydrogen) atoms. The van der Waals surface area contributed by atoms with Gasteiger partial charge in [-0.3, -0.25) is 14.8 Å². The maximum atomic E-state index is 12.8. The monoisotopic (exact) mass is 475 g/mol. The molecule has 0 fully saturated rings. The molecule has 4 N–H and O–H groups in total. The van der Waals surface area contributed by atoms with Gasteiger partial charge in [0.2, 0.25) is 15.9 Å². The second-order valence-electron chi connectivity index (χ2n) is 6.62. The molecule has 0 unspecified atom stereocenters. The number of benzene rings is 2. The zero-order chi connectivity index (χ0) is 24.3. The quantitative estimate of drug-likeness (QED) is 0.165. The zero-order valence-electron chi connectivity index (χ0n) is 18.1. The Morgan fingerprint density at radius 3 is 2.21 bits per heavy atom. The summed E-state index contributed by atoms with van der Waals surface area (Å²) in [5.41, 5.74) is 1.75. The van der Waals surface area contributed by atoms with Gasteiger partial charge in [0, 0.05) is 6.92 Å². The summed E-state index contributed by atoms with van der Waals surface area (Å²) in [7, 11) is -4.12. The van der Waals surface area contributed by atoms with Crippen LogP contribution in [0.3, 0.4) is 0 Å². The summed E-state index contributed by atoms with van der Waals surface area (Å²) in [4.78, 5) is 23.0. The van der Waals surface area contributed by atoms with E-state index in [2.05, 4.69) is 21.9 Å². The Balaban J connectivity index is 2.12. The highest BCUT2D eigenvalue weighted by Gasteiger charge is 2.27. The predicted octanol–water partition coefficient (Wildman–Crippen LogP) is 1.13. The summed E-state index contributed by atoms with van der Waals surface area (Å²) >= 11 is 0. The Bertz CT molecular complexity index is 1110. The van der Waals surface area contributed by atoms with E-state index in [0.29, 0.717) is 18.0 Å². The van der Waals surface area contributed by atoms with Gasteiger partial charge in [0.1, 0.15) is 30.8 Å². The molecule has 0 saturated carbocycles. The van der Waals surface area contributed by atoms with E-state index in [1.807, 2.05) is 0 Å². The van der Waals surface area contributed by atoms with Gasteiger partial charge in [-0.1, -0.05) is 18.1 Å². The lowest BCUT2D eigenvalue weighted by molar-refractivity contribution is -0.131. The van der Waals surface area contributed by atoms with Crippen molar-refractivity contribution < 1.29 is 32.7 Å². The normalized spacial score (nSPS) is 11.5. The molecule has 176 valence electrons. The zero-order valence-corrected chi connectivity index (χ0v) is 18.9. The van der Waals surface area contributed by atoms with Crippen LogP contribution >= 0.6 is 0 Å². The summed E-state index contributed by atoms with van der Waals surface area (Å²) in [6, 6.07) is 10.3. The van der Waals surface area contributed by atoms with E-state index >= 15 is 0 Å². The molecule has 2 aromatic carbocycles. The SMILES string of the molecule is CC#CCOc1ccc(S(=O)(=O)N[C@@H](C(=O)NO)c2ccc(OCCNC(C)=O)cc2)cc1. The summed E-state index contributed by atoms with van der Waals surface area (Å²) in [6.07, 6.45) is 0. The van der Waals surface area contributed by atoms with Crippen LogP contribution in [0.5, 0.6) is 11.5 Å². The third-order valence-corrected chi connectivity index (χ3v) is 5.66. The Kier molecular flexibility index (Phi) is 9.68. The van der Waals surface area contributed by atoms with Gasteiger partial charge in [0.25, 0.3) is 5.91 Å². The van der Waals surface area contributed by atoms with Gasteiger partial charge in [0.15, 0.2) is 0 Å². The van der Waals surface area contributed by atoms with Crippen molar-refractivity contribution in [3.8, 4) is 23.3 Å². The number of hydroxylamine groups is 1. The molecule has 0 heterocycles. The Morgan fingerprint density at radius 1 is 1.03 bits per heavy atom. The van der Waals surface area contributed by atoms with Crippen molar-refractivity contribution in [2.45, 2.75) is 24.8 Å². The third-order valence-electron chi connectivity index (χ3n) is 4.23. The van der Waals surface area contributed by atoms with Crippen molar-refractivity contribution in [1.29, 1.82) is 0 Å². The molecule has 0 saturated heterocycles. The Hall–Kier alpha value is -3.59. The minimum atomic E-state index is -4.12. The first-order chi connectivity index (χ1) is 15.8. The topological polar surface area (TPSA) is 143 Å². The number of nitrogens with one attached hydrogen (secondary N) is 3. The highest BCUT2D eigenvalue weighted by Crippen LogP contribution is 2.22. The van der Waals surface area contributed by atoms with Crippen LogP contribution in [-0.2, 0) is 19.6 Å². The first-order valence-electron chi connectivity index (χ1n) is 9.82. The maximum absolute atomic E-state index is 12.8. The summed E-state index contributed by atoms with van der Waals surface area (Å²) < 4.78 is 38.7. The molecule has 0 aromatic heterocycles. The molecule has 11 heteroatoms. The van der Waals surface area contributed by atoms with E-state index in [1.165, 1.54) is 48.8 Å². The average Bonchev–Trinajstić information content (AvgIpc) is 2.81. The number of hydrogen-bond donors (Lipinski definition) is 4. The summed E-state index contributed by atoms with van der Waals surface area (Å²) in [5.74, 6) is 5.18. The molecule has 0 aliphatic heterocycles. The number of rotatable bonds is 11. The number of hydrogen-bond acceptors (Lipinski definition) is 7. The number of ether oxygens (including phenoxy) is 2. The first-order valence-corrected chi connectivity index (χ1v) is 11.3. The van der Waals surface area contributed by atoms with Crippen molar-refractivity contribution in [3.63, 3.8) is 0 Å². The van der Waals surface area contributed by atoms with Crippen molar-refractivity contribution in [2.75, 3.05) is 19.8 Å². The average molecular weight is 476 g/mol. The van der Waals surface area contributed by atoms with Gasteiger partial charge in [-0.15, -0.1) is 5.92 Å². The predicted molar refractivity (Wildman–Crippen MR) is 119 cm³/mol. The maximum Gasteiger partial charge on any atom is 0.266 e. The van der Waals surface area contributed by atoms with Gasteiger partial charge in [-0.2, -0.15) is 4.72 Å². The molecule has 0 bridgehead atoms. The number of amides is 2. The van der Waals surface area contributed by atoms with E-state index in [4.69, 9.17) is 14.7 Å². The minimum absolute atomic E-state index is 0.0925. The van der Waals surface area contributed by atoms with Crippen molar-refractivity contribution in [3.05, 3.63) is 54.1 Å². The molecule has 0 aliphatic carbocycles. The molecular weight excluding hydrogens is 450 g/mol. The van der Waals surface area contributed by atoms with Crippen LogP contribution in [0.2, 0.25) is 0 Å². The second-order valence-corrected chi connectivity index (χ2v) is 8.33. The van der Waals surface area contributed by atoms with E-state index in [1.54, 1.807) is 19.1 Å². The van der Waals surface area contributed by atoms with Gasteiger partial charge in [0.05, 0.1) is 11.4 Å². The fourth-order valence-corrected chi connectivity index (χ4v) is 3.80. The van der Waals surface area contributed by atoms with E-state index in [-0.39, 0.29) is 29.6 Å². The highest BCUT2D eigenvalue weighted by atomic mass is 32.2. The molecule has 0 aliphatic rings. The van der Waals surface area contributed by atoms with Crippen molar-refractivity contribution >= 4 is 21.8 Å². The van der Waals surface area contributed by atoms with Crippen LogP contribution in [0, 0.1) is 11.8 Å². The van der Waals surface area contributed by atoms with Gasteiger partial charge < -0.3 is 14.8 Å². The fraction of sp³-hybridized carbons (Fsp3) is 0.273. The van der Waals surface area contributed by atoms with Crippen LogP contribution in [0.1, 0.15) is 25.5 Å². The lowest BCUT2D eigenvalue weighted by atomic mass is 10.1. The lowest BCUT2D eigenvalue weighted by Crippen LogP contribution is -2.39. The van der Waals surface area contributed by atoms with Gasteiger partial charge >= 0.3 is 0 Å². The van der Waals surface area contributed by atoms with E-state index < -0.39 is 22.0 Å². The van der Waals surface area contributed by atoms with Crippen LogP contribution in [-0.4, -0.2) is 45.2 Å². The molecule has 0 spiro atoms. The number of carbonyl (C=O) groups is 2. The van der Waals surface area contributed by atoms with Crippen LogP contribution in [0.25, 0.3) is 0 Å². The minimum Gasteiger partial charge on any atom is -0.492 e. The van der Waals surface area contributed by atoms with Gasteiger partial charge in [-0.05, 0) is 48.9 Å². The molecule has 2 amide bonds. The smallest absolute Gasteiger partial charge is 0.266 e. The second kappa shape index (κ2) is 12.4. The standard InChI is InChI=1S/C22H25N3O7S/c1-3-4-14-31-19-9-11-20(12-10-19)33(29,30)25-21(22(27)24-28)17-5-7-18(8-6-17)32-15-13-23-16(2)26/h5-12,21,25,28H,13-15H2,1-2H3,(H,23,26)(H,24,27)/t21-/m1/s1. The van der Waals surface area contributed by atoms with E-state index in [0.717, 1.165) is 0 Å². The Labute approximate surface area is 192 Å². The van der Waals surface area contributed by atoms with Crippen LogP contribution in [0.15, 0.2) is 53.4 Å². The Morgan fingerprint density at radius 2 is 1.64 bits per heavy atom. The molecule has 0 radical (unpaired) electrons. The first kappa shape index (κ1) is 25.7. The number of sulfonamides is 1. The molecular formula is C22H25N3O7S. The molecule has 10 nitrogen and oxygen atoms in total. The van der Waals surface area contributed by atoms with Crippen molar-refractivity contribution in [2.24, 2.45) is 0 Å². The summed E-state index contributed by atoms with van der Waals surface area (Å²) in [6.45, 7) is 3.80. The van der Waals surface area contributed by atoms with Crippen LogP contribution in [0.4, 0.5) is 0 Å². The van der Waals surface area contributed by atoms with E-state index in [9.17, 15) is 18.0 Å². The molecule has 2 rings (SSSR count). The molecule has 2 aromatic rings. The fourth-order valence-electron chi connectivity index (χ4n) is 2.62. The number of carbonyl (C=O) groups excluding carboxylic acids is 2. The molecule has 1 atom stereocenters. The summed E-state index contributed by atoms with van der Waals surface area (Å²) in [5, 5.41) is 11.7. The lowest BCUT2D eigenvalue weighted by Gasteiger charge is -2.18. The van der Waals surface area contributed by atoms with Crippen LogP contribution < -0.4 is 25.0 Å². The van der Waals surface area contributed by atoms with Crippen molar-refractivity contribution in [1.82, 2.24) is 15.5 Å². The highest BCUT2D eigenvalue weighted by molar-refractivity contribution is 7.89. The van der Waals surface area contributed by atoms with Gasteiger partial charge in [-0.25, -0.2) is 13.9 Å².